The van der Waals surface area contributed by atoms with Crippen LogP contribution in [0.1, 0.15) is 5.56 Å². The Labute approximate surface area is 104 Å². The van der Waals surface area contributed by atoms with Crippen LogP contribution in [0.5, 0.6) is 5.75 Å². The molecular weight excluding hydrogens is 228 g/mol. The summed E-state index contributed by atoms with van der Waals surface area (Å²) in [5, 5.41) is 12.3. The van der Waals surface area contributed by atoms with Gasteiger partial charge in [0, 0.05) is 18.2 Å². The van der Waals surface area contributed by atoms with Gasteiger partial charge in [-0.2, -0.15) is 4.73 Å². The van der Waals surface area contributed by atoms with E-state index in [2.05, 4.69) is 4.98 Å². The molecule has 1 heterocycles. The number of fused-ring (bicyclic) bond motifs is 2. The van der Waals surface area contributed by atoms with Crippen LogP contribution in [0.15, 0.2) is 36.4 Å². The van der Waals surface area contributed by atoms with Crippen LogP contribution >= 0.6 is 0 Å². The summed E-state index contributed by atoms with van der Waals surface area (Å²) in [5.74, 6) is 0.697. The number of nitrogens with zero attached hydrogens (tertiary/aromatic N) is 2. The minimum atomic E-state index is 0.550. The molecule has 0 saturated carbocycles. The van der Waals surface area contributed by atoms with Gasteiger partial charge < -0.3 is 9.94 Å². The van der Waals surface area contributed by atoms with E-state index in [0.29, 0.717) is 22.3 Å². The highest BCUT2D eigenvalue weighted by Crippen LogP contribution is 2.20. The summed E-state index contributed by atoms with van der Waals surface area (Å²) in [4.78, 5) is 4.55. The smallest absolute Gasteiger partial charge is 0.243 e. The van der Waals surface area contributed by atoms with Gasteiger partial charge in [-0.05, 0) is 18.6 Å². The Morgan fingerprint density at radius 3 is 2.78 bits per heavy atom. The van der Waals surface area contributed by atoms with Crippen LogP contribution in [0.3, 0.4) is 0 Å². The molecule has 0 amide bonds. The van der Waals surface area contributed by atoms with E-state index < -0.39 is 0 Å². The Morgan fingerprint density at radius 2 is 2.00 bits per heavy atom. The quantitative estimate of drug-likeness (QED) is 0.372. The number of hydrogen-bond donors (Lipinski definition) is 0. The van der Waals surface area contributed by atoms with Crippen molar-refractivity contribution >= 4 is 22.1 Å². The molecular formula is C14H12N2O2. The molecule has 4 heteroatoms. The second kappa shape index (κ2) is 3.84. The molecule has 0 unspecified atom stereocenters. The van der Waals surface area contributed by atoms with Crippen LogP contribution in [0.25, 0.3) is 22.1 Å². The fourth-order valence-corrected chi connectivity index (χ4v) is 2.09. The summed E-state index contributed by atoms with van der Waals surface area (Å²) in [7, 11) is 1.60. The van der Waals surface area contributed by atoms with Crippen molar-refractivity contribution in [1.29, 1.82) is 0 Å². The van der Waals surface area contributed by atoms with E-state index in [-0.39, 0.29) is 0 Å². The highest BCUT2D eigenvalue weighted by Gasteiger charge is 2.13. The maximum absolute atomic E-state index is 12.3. The summed E-state index contributed by atoms with van der Waals surface area (Å²) in [6, 6.07) is 10.9. The summed E-state index contributed by atoms with van der Waals surface area (Å²) < 4.78 is 6.07. The summed E-state index contributed by atoms with van der Waals surface area (Å²) >= 11 is 0. The maximum atomic E-state index is 12.3. The number of aryl methyl sites for hydroxylation is 1. The third-order valence-electron chi connectivity index (χ3n) is 3.07. The first-order valence-corrected chi connectivity index (χ1v) is 5.67. The first-order valence-electron chi connectivity index (χ1n) is 5.67. The monoisotopic (exact) mass is 240 g/mol. The lowest BCUT2D eigenvalue weighted by molar-refractivity contribution is -0.548. The zero-order valence-corrected chi connectivity index (χ0v) is 10.2. The predicted molar refractivity (Wildman–Crippen MR) is 69.5 cm³/mol. The molecule has 0 fully saturated rings. The topological polar surface area (TPSA) is 49.1 Å². The van der Waals surface area contributed by atoms with E-state index >= 15 is 0 Å². The standard InChI is InChI=1S/C14H12N2O2/c1-9-4-3-5-13-14(9)15-11-8-10(18-2)6-7-12(11)16(13)17/h3-8H,1-2H3. The molecule has 90 valence electrons. The molecule has 4 nitrogen and oxygen atoms in total. The van der Waals surface area contributed by atoms with Crippen LogP contribution in [-0.4, -0.2) is 12.1 Å². The van der Waals surface area contributed by atoms with Crippen LogP contribution < -0.4 is 9.47 Å². The van der Waals surface area contributed by atoms with Crippen molar-refractivity contribution in [2.45, 2.75) is 6.92 Å². The molecule has 0 atom stereocenters. The van der Waals surface area contributed by atoms with E-state index in [0.717, 1.165) is 15.8 Å². The Morgan fingerprint density at radius 1 is 1.17 bits per heavy atom. The average molecular weight is 240 g/mol. The largest absolute Gasteiger partial charge is 0.618 e. The van der Waals surface area contributed by atoms with Gasteiger partial charge in [-0.3, -0.25) is 0 Å². The molecule has 0 aliphatic carbocycles. The van der Waals surface area contributed by atoms with E-state index in [1.54, 1.807) is 31.4 Å². The minimum absolute atomic E-state index is 0.550. The Kier molecular flexibility index (Phi) is 2.30. The van der Waals surface area contributed by atoms with Gasteiger partial charge in [0.05, 0.1) is 7.11 Å². The van der Waals surface area contributed by atoms with Crippen molar-refractivity contribution in [3.05, 3.63) is 47.2 Å². The molecule has 0 bridgehead atoms. The molecule has 2 aromatic carbocycles. The highest BCUT2D eigenvalue weighted by atomic mass is 16.5. The SMILES string of the molecule is COc1ccc2c(c1)nc1c(C)cccc1[n+]2[O-]. The molecule has 0 aliphatic heterocycles. The van der Waals surface area contributed by atoms with Gasteiger partial charge in [-0.1, -0.05) is 12.1 Å². The second-order valence-electron chi connectivity index (χ2n) is 4.20. The lowest BCUT2D eigenvalue weighted by Crippen LogP contribution is -2.28. The number of methoxy groups -OCH3 is 1. The molecule has 3 rings (SSSR count). The summed E-state index contributed by atoms with van der Waals surface area (Å²) in [5.41, 5.74) is 3.50. The van der Waals surface area contributed by atoms with Gasteiger partial charge in [0.1, 0.15) is 16.8 Å². The zero-order chi connectivity index (χ0) is 12.7. The van der Waals surface area contributed by atoms with Crippen LogP contribution in [0.4, 0.5) is 0 Å². The van der Waals surface area contributed by atoms with Gasteiger partial charge in [0.15, 0.2) is 0 Å². The zero-order valence-electron chi connectivity index (χ0n) is 10.2. The first-order chi connectivity index (χ1) is 8.70. The van der Waals surface area contributed by atoms with Gasteiger partial charge in [-0.15, -0.1) is 0 Å². The third-order valence-corrected chi connectivity index (χ3v) is 3.07. The molecule has 1 aromatic heterocycles. The lowest BCUT2D eigenvalue weighted by atomic mass is 10.2. The predicted octanol–water partition coefficient (Wildman–Crippen LogP) is 2.34. The van der Waals surface area contributed by atoms with E-state index in [1.165, 1.54) is 0 Å². The molecule has 0 radical (unpaired) electrons. The van der Waals surface area contributed by atoms with E-state index in [4.69, 9.17) is 4.74 Å². The van der Waals surface area contributed by atoms with Crippen LogP contribution in [0, 0.1) is 12.1 Å². The van der Waals surface area contributed by atoms with Crippen molar-refractivity contribution in [2.75, 3.05) is 7.11 Å². The number of para-hydroxylation sites is 1. The molecule has 0 N–H and O–H groups in total. The molecule has 0 spiro atoms. The number of aromatic nitrogens is 2. The van der Waals surface area contributed by atoms with Gasteiger partial charge >= 0.3 is 0 Å². The van der Waals surface area contributed by atoms with E-state index in [9.17, 15) is 5.21 Å². The second-order valence-corrected chi connectivity index (χ2v) is 4.20. The molecule has 0 aliphatic rings. The third kappa shape index (κ3) is 1.46. The Balaban J connectivity index is 2.48. The van der Waals surface area contributed by atoms with Crippen LogP contribution in [0.2, 0.25) is 0 Å². The minimum Gasteiger partial charge on any atom is -0.618 e. The molecule has 18 heavy (non-hydrogen) atoms. The highest BCUT2D eigenvalue weighted by molar-refractivity contribution is 5.84. The van der Waals surface area contributed by atoms with Crippen molar-refractivity contribution in [2.24, 2.45) is 0 Å². The van der Waals surface area contributed by atoms with Gasteiger partial charge in [0.25, 0.3) is 0 Å². The summed E-state index contributed by atoms with van der Waals surface area (Å²) in [6.07, 6.45) is 0. The number of hydrogen-bond acceptors (Lipinski definition) is 3. The van der Waals surface area contributed by atoms with Gasteiger partial charge in [0.2, 0.25) is 11.0 Å². The van der Waals surface area contributed by atoms with Gasteiger partial charge in [-0.25, -0.2) is 4.98 Å². The molecule has 0 saturated heterocycles. The summed E-state index contributed by atoms with van der Waals surface area (Å²) in [6.45, 7) is 1.95. The van der Waals surface area contributed by atoms with Crippen molar-refractivity contribution in [1.82, 2.24) is 4.98 Å². The number of ether oxygens (including phenoxy) is 1. The van der Waals surface area contributed by atoms with Crippen molar-refractivity contribution in [3.8, 4) is 5.75 Å². The Hall–Kier alpha value is -2.36. The van der Waals surface area contributed by atoms with E-state index in [1.807, 2.05) is 19.1 Å². The number of rotatable bonds is 1. The first kappa shape index (κ1) is 10.8. The van der Waals surface area contributed by atoms with Crippen molar-refractivity contribution in [3.63, 3.8) is 0 Å². The average Bonchev–Trinajstić information content (AvgIpc) is 2.40. The Bertz CT molecular complexity index is 753. The van der Waals surface area contributed by atoms with Crippen molar-refractivity contribution < 1.29 is 9.47 Å². The normalized spacial score (nSPS) is 11.0. The molecule has 3 aromatic rings. The number of benzene rings is 2. The van der Waals surface area contributed by atoms with Crippen LogP contribution in [-0.2, 0) is 0 Å². The fraction of sp³-hybridized carbons (Fsp3) is 0.143. The lowest BCUT2D eigenvalue weighted by Gasteiger charge is -2.07. The fourth-order valence-electron chi connectivity index (χ4n) is 2.09. The maximum Gasteiger partial charge on any atom is 0.243 e.